The molecular formula is C17H14N2O2. The number of aromatic carboxylic acids is 1. The first-order chi connectivity index (χ1) is 10.1. The van der Waals surface area contributed by atoms with Crippen molar-refractivity contribution in [1.82, 2.24) is 9.97 Å². The summed E-state index contributed by atoms with van der Waals surface area (Å²) in [5.41, 5.74) is 4.30. The van der Waals surface area contributed by atoms with E-state index in [1.807, 2.05) is 44.2 Å². The van der Waals surface area contributed by atoms with E-state index in [-0.39, 0.29) is 5.56 Å². The van der Waals surface area contributed by atoms with Crippen molar-refractivity contribution in [3.63, 3.8) is 0 Å². The van der Waals surface area contributed by atoms with Crippen LogP contribution < -0.4 is 0 Å². The molecular weight excluding hydrogens is 264 g/mol. The molecule has 21 heavy (non-hydrogen) atoms. The van der Waals surface area contributed by atoms with Gasteiger partial charge < -0.3 is 5.11 Å². The van der Waals surface area contributed by atoms with Gasteiger partial charge in [0.25, 0.3) is 0 Å². The number of fused-ring (bicyclic) bond motifs is 1. The lowest BCUT2D eigenvalue weighted by Crippen LogP contribution is -2.02. The number of carbonyl (C=O) groups is 1. The highest BCUT2D eigenvalue weighted by atomic mass is 16.4. The third kappa shape index (κ3) is 2.25. The fourth-order valence-electron chi connectivity index (χ4n) is 2.35. The average molecular weight is 278 g/mol. The molecule has 0 radical (unpaired) electrons. The van der Waals surface area contributed by atoms with Gasteiger partial charge in [0.1, 0.15) is 0 Å². The van der Waals surface area contributed by atoms with Crippen LogP contribution in [0.5, 0.6) is 0 Å². The highest BCUT2D eigenvalue weighted by Crippen LogP contribution is 2.27. The summed E-state index contributed by atoms with van der Waals surface area (Å²) in [5.74, 6) is -0.956. The number of aryl methyl sites for hydroxylation is 2. The Labute approximate surface area is 122 Å². The van der Waals surface area contributed by atoms with Crippen LogP contribution in [0.3, 0.4) is 0 Å². The molecule has 0 amide bonds. The lowest BCUT2D eigenvalue weighted by molar-refractivity contribution is 0.0699. The van der Waals surface area contributed by atoms with Crippen LogP contribution in [0.1, 0.15) is 21.5 Å². The van der Waals surface area contributed by atoms with Gasteiger partial charge in [0, 0.05) is 11.6 Å². The molecule has 0 aliphatic heterocycles. The smallest absolute Gasteiger partial charge is 0.336 e. The van der Waals surface area contributed by atoms with Crippen molar-refractivity contribution in [3.05, 3.63) is 59.3 Å². The van der Waals surface area contributed by atoms with Crippen molar-refractivity contribution in [2.45, 2.75) is 13.8 Å². The molecule has 0 saturated heterocycles. The zero-order valence-electron chi connectivity index (χ0n) is 11.8. The van der Waals surface area contributed by atoms with Gasteiger partial charge in [-0.3, -0.25) is 4.98 Å². The normalized spacial score (nSPS) is 10.8. The number of aromatic nitrogens is 2. The number of benzene rings is 1. The van der Waals surface area contributed by atoms with E-state index >= 15 is 0 Å². The Morgan fingerprint density at radius 2 is 1.90 bits per heavy atom. The Morgan fingerprint density at radius 1 is 1.10 bits per heavy atom. The van der Waals surface area contributed by atoms with E-state index in [2.05, 4.69) is 9.97 Å². The minimum Gasteiger partial charge on any atom is -0.478 e. The van der Waals surface area contributed by atoms with Crippen molar-refractivity contribution in [3.8, 4) is 11.4 Å². The number of carboxylic acid groups (broad SMARTS) is 1. The summed E-state index contributed by atoms with van der Waals surface area (Å²) in [7, 11) is 0. The van der Waals surface area contributed by atoms with Crippen molar-refractivity contribution >= 4 is 16.9 Å². The fraction of sp³-hybridized carbons (Fsp3) is 0.118. The third-order valence-electron chi connectivity index (χ3n) is 3.66. The van der Waals surface area contributed by atoms with E-state index < -0.39 is 5.97 Å². The molecule has 0 aliphatic carbocycles. The van der Waals surface area contributed by atoms with Crippen LogP contribution in [-0.2, 0) is 0 Å². The number of nitrogens with zero attached hydrogens (tertiary/aromatic N) is 2. The van der Waals surface area contributed by atoms with Crippen LogP contribution in [0.2, 0.25) is 0 Å². The van der Waals surface area contributed by atoms with Gasteiger partial charge >= 0.3 is 5.97 Å². The van der Waals surface area contributed by atoms with E-state index in [1.165, 1.54) is 0 Å². The quantitative estimate of drug-likeness (QED) is 0.777. The van der Waals surface area contributed by atoms with Crippen molar-refractivity contribution < 1.29 is 9.90 Å². The molecule has 1 aromatic carbocycles. The molecule has 0 atom stereocenters. The minimum absolute atomic E-state index is 0.253. The third-order valence-corrected chi connectivity index (χ3v) is 3.66. The summed E-state index contributed by atoms with van der Waals surface area (Å²) in [4.78, 5) is 20.4. The monoisotopic (exact) mass is 278 g/mol. The molecule has 2 heterocycles. The maximum absolute atomic E-state index is 11.5. The first kappa shape index (κ1) is 13.2. The first-order valence-corrected chi connectivity index (χ1v) is 6.63. The van der Waals surface area contributed by atoms with Crippen molar-refractivity contribution in [1.29, 1.82) is 0 Å². The Hall–Kier alpha value is -2.75. The van der Waals surface area contributed by atoms with Gasteiger partial charge in [0.15, 0.2) is 0 Å². The van der Waals surface area contributed by atoms with Crippen molar-refractivity contribution in [2.75, 3.05) is 0 Å². The SMILES string of the molecule is Cc1ccc2c(C(=O)O)cc(-c3ccccn3)nc2c1C. The predicted octanol–water partition coefficient (Wildman–Crippen LogP) is 3.61. The second-order valence-corrected chi connectivity index (χ2v) is 4.98. The van der Waals surface area contributed by atoms with Crippen LogP contribution in [-0.4, -0.2) is 21.0 Å². The molecule has 0 bridgehead atoms. The van der Waals surface area contributed by atoms with Gasteiger partial charge in [0.05, 0.1) is 22.5 Å². The highest BCUT2D eigenvalue weighted by molar-refractivity contribution is 6.04. The molecule has 0 saturated carbocycles. The minimum atomic E-state index is -0.956. The van der Waals surface area contributed by atoms with E-state index in [1.54, 1.807) is 12.3 Å². The molecule has 0 unspecified atom stereocenters. The van der Waals surface area contributed by atoms with Crippen LogP contribution in [0, 0.1) is 13.8 Å². The average Bonchev–Trinajstić information content (AvgIpc) is 2.51. The topological polar surface area (TPSA) is 63.1 Å². The maximum atomic E-state index is 11.5. The van der Waals surface area contributed by atoms with E-state index in [0.717, 1.165) is 16.6 Å². The van der Waals surface area contributed by atoms with Crippen LogP contribution in [0.15, 0.2) is 42.6 Å². The van der Waals surface area contributed by atoms with Crippen LogP contribution in [0.4, 0.5) is 0 Å². The molecule has 0 aliphatic rings. The molecule has 1 N–H and O–H groups in total. The second-order valence-electron chi connectivity index (χ2n) is 4.98. The summed E-state index contributed by atoms with van der Waals surface area (Å²) < 4.78 is 0. The Bertz CT molecular complexity index is 842. The summed E-state index contributed by atoms with van der Waals surface area (Å²) in [5, 5.41) is 10.1. The molecule has 104 valence electrons. The number of hydrogen-bond acceptors (Lipinski definition) is 3. The fourth-order valence-corrected chi connectivity index (χ4v) is 2.35. The van der Waals surface area contributed by atoms with Gasteiger partial charge in [-0.15, -0.1) is 0 Å². The number of hydrogen-bond donors (Lipinski definition) is 1. The number of pyridine rings is 2. The molecule has 0 fully saturated rings. The van der Waals surface area contributed by atoms with Gasteiger partial charge in [-0.05, 0) is 43.2 Å². The van der Waals surface area contributed by atoms with Gasteiger partial charge in [-0.1, -0.05) is 18.2 Å². The van der Waals surface area contributed by atoms with Gasteiger partial charge in [0.2, 0.25) is 0 Å². The number of carboxylic acids is 1. The van der Waals surface area contributed by atoms with Gasteiger partial charge in [-0.2, -0.15) is 0 Å². The van der Waals surface area contributed by atoms with Crippen molar-refractivity contribution in [2.24, 2.45) is 0 Å². The molecule has 0 spiro atoms. The Morgan fingerprint density at radius 3 is 2.57 bits per heavy atom. The Kier molecular flexibility index (Phi) is 3.14. The molecule has 4 heteroatoms. The van der Waals surface area contributed by atoms with Crippen LogP contribution >= 0.6 is 0 Å². The van der Waals surface area contributed by atoms with E-state index in [4.69, 9.17) is 0 Å². The largest absolute Gasteiger partial charge is 0.478 e. The lowest BCUT2D eigenvalue weighted by atomic mass is 10.0. The van der Waals surface area contributed by atoms with E-state index in [0.29, 0.717) is 16.8 Å². The summed E-state index contributed by atoms with van der Waals surface area (Å²) in [6.45, 7) is 3.95. The van der Waals surface area contributed by atoms with E-state index in [9.17, 15) is 9.90 Å². The standard InChI is InChI=1S/C17H14N2O2/c1-10-6-7-12-13(17(20)21)9-15(19-16(12)11(10)2)14-5-3-4-8-18-14/h3-9H,1-2H3,(H,20,21). The number of rotatable bonds is 2. The lowest BCUT2D eigenvalue weighted by Gasteiger charge is -2.10. The zero-order chi connectivity index (χ0) is 15.0. The summed E-state index contributed by atoms with van der Waals surface area (Å²) in [6, 6.07) is 10.8. The predicted molar refractivity (Wildman–Crippen MR) is 81.4 cm³/mol. The second kappa shape index (κ2) is 4.98. The maximum Gasteiger partial charge on any atom is 0.336 e. The molecule has 4 nitrogen and oxygen atoms in total. The molecule has 3 aromatic rings. The highest BCUT2D eigenvalue weighted by Gasteiger charge is 2.15. The first-order valence-electron chi connectivity index (χ1n) is 6.63. The molecule has 2 aromatic heterocycles. The molecule has 3 rings (SSSR count). The summed E-state index contributed by atoms with van der Waals surface area (Å²) in [6.07, 6.45) is 1.67. The van der Waals surface area contributed by atoms with Gasteiger partial charge in [-0.25, -0.2) is 9.78 Å². The zero-order valence-corrected chi connectivity index (χ0v) is 11.8. The Balaban J connectivity index is 2.39. The van der Waals surface area contributed by atoms with Crippen LogP contribution in [0.25, 0.3) is 22.3 Å². The summed E-state index contributed by atoms with van der Waals surface area (Å²) >= 11 is 0.